The van der Waals surface area contributed by atoms with Crippen molar-refractivity contribution in [1.29, 1.82) is 0 Å². The molecule has 0 saturated carbocycles. The first-order valence-corrected chi connectivity index (χ1v) is 5.45. The summed E-state index contributed by atoms with van der Waals surface area (Å²) in [6.07, 6.45) is -4.32. The van der Waals surface area contributed by atoms with Gasteiger partial charge >= 0.3 is 6.18 Å². The molecule has 98 valence electrons. The van der Waals surface area contributed by atoms with E-state index >= 15 is 0 Å². The van der Waals surface area contributed by atoms with E-state index in [1.54, 1.807) is 0 Å². The Morgan fingerprint density at radius 2 is 1.94 bits per heavy atom. The van der Waals surface area contributed by atoms with Gasteiger partial charge in [0, 0.05) is 32.8 Å². The molecular formula is C10H20F3NO2. The Labute approximate surface area is 94.1 Å². The van der Waals surface area contributed by atoms with Gasteiger partial charge < -0.3 is 15.2 Å². The number of hydrogen-bond donors (Lipinski definition) is 1. The molecular weight excluding hydrogens is 223 g/mol. The van der Waals surface area contributed by atoms with E-state index in [9.17, 15) is 13.2 Å². The van der Waals surface area contributed by atoms with Gasteiger partial charge in [-0.3, -0.25) is 0 Å². The summed E-state index contributed by atoms with van der Waals surface area (Å²) in [5.41, 5.74) is 5.43. The van der Waals surface area contributed by atoms with Gasteiger partial charge in [-0.2, -0.15) is 13.2 Å². The molecule has 0 fully saturated rings. The van der Waals surface area contributed by atoms with E-state index in [2.05, 4.69) is 0 Å². The second kappa shape index (κ2) is 8.78. The molecule has 0 aromatic carbocycles. The van der Waals surface area contributed by atoms with E-state index < -0.39 is 12.6 Å². The summed E-state index contributed by atoms with van der Waals surface area (Å²) in [6.45, 7) is 3.37. The van der Waals surface area contributed by atoms with E-state index in [0.717, 1.165) is 0 Å². The van der Waals surface area contributed by atoms with Gasteiger partial charge in [-0.05, 0) is 19.8 Å². The summed E-state index contributed by atoms with van der Waals surface area (Å²) < 4.78 is 45.6. The summed E-state index contributed by atoms with van der Waals surface area (Å²) in [6, 6.07) is 0. The third-order valence-electron chi connectivity index (χ3n) is 2.00. The number of nitrogens with two attached hydrogens (primary N) is 1. The molecule has 16 heavy (non-hydrogen) atoms. The molecule has 0 rings (SSSR count). The Hall–Kier alpha value is -0.330. The molecule has 1 atom stereocenters. The smallest absolute Gasteiger partial charge is 0.381 e. The third-order valence-corrected chi connectivity index (χ3v) is 2.00. The Morgan fingerprint density at radius 1 is 1.25 bits per heavy atom. The van der Waals surface area contributed by atoms with Crippen LogP contribution in [0.25, 0.3) is 0 Å². The van der Waals surface area contributed by atoms with Crippen LogP contribution in [0.2, 0.25) is 0 Å². The van der Waals surface area contributed by atoms with E-state index in [4.69, 9.17) is 15.2 Å². The normalized spacial score (nSPS) is 14.1. The summed E-state index contributed by atoms with van der Waals surface area (Å²) in [5.74, 6) is 0. The standard InChI is InChI=1S/C10H20F3NO2/c1-2-16-9(8-14)4-7-15-6-3-5-10(11,12)13/h9H,2-8,14H2,1H3. The van der Waals surface area contributed by atoms with Crippen LogP contribution in [-0.2, 0) is 9.47 Å². The summed E-state index contributed by atoms with van der Waals surface area (Å²) in [4.78, 5) is 0. The Balaban J connectivity index is 3.32. The predicted octanol–water partition coefficient (Wildman–Crippen LogP) is 2.10. The molecule has 0 aliphatic rings. The molecule has 0 heterocycles. The van der Waals surface area contributed by atoms with Gasteiger partial charge in [-0.25, -0.2) is 0 Å². The van der Waals surface area contributed by atoms with Gasteiger partial charge in [-0.15, -0.1) is 0 Å². The summed E-state index contributed by atoms with van der Waals surface area (Å²) in [5, 5.41) is 0. The summed E-state index contributed by atoms with van der Waals surface area (Å²) >= 11 is 0. The number of halogens is 3. The lowest BCUT2D eigenvalue weighted by molar-refractivity contribution is -0.138. The second-order valence-corrected chi connectivity index (χ2v) is 3.43. The minimum atomic E-state index is -4.09. The fourth-order valence-corrected chi connectivity index (χ4v) is 1.20. The maximum atomic E-state index is 11.8. The van der Waals surface area contributed by atoms with E-state index in [1.165, 1.54) is 0 Å². The highest BCUT2D eigenvalue weighted by molar-refractivity contribution is 4.57. The second-order valence-electron chi connectivity index (χ2n) is 3.43. The Bertz CT molecular complexity index is 165. The van der Waals surface area contributed by atoms with E-state index in [0.29, 0.717) is 26.2 Å². The largest absolute Gasteiger partial charge is 0.389 e. The fraction of sp³-hybridized carbons (Fsp3) is 1.00. The predicted molar refractivity (Wildman–Crippen MR) is 55.2 cm³/mol. The number of alkyl halides is 3. The van der Waals surface area contributed by atoms with Crippen LogP contribution in [0, 0.1) is 0 Å². The first-order chi connectivity index (χ1) is 7.49. The van der Waals surface area contributed by atoms with E-state index in [-0.39, 0.29) is 19.1 Å². The van der Waals surface area contributed by atoms with Crippen LogP contribution < -0.4 is 5.73 Å². The summed E-state index contributed by atoms with van der Waals surface area (Å²) in [7, 11) is 0. The van der Waals surface area contributed by atoms with Crippen molar-refractivity contribution in [3.05, 3.63) is 0 Å². The first-order valence-electron chi connectivity index (χ1n) is 5.45. The van der Waals surface area contributed by atoms with Gasteiger partial charge in [0.2, 0.25) is 0 Å². The SMILES string of the molecule is CCOC(CN)CCOCCCC(F)(F)F. The number of hydrogen-bond acceptors (Lipinski definition) is 3. The molecule has 0 amide bonds. The molecule has 2 N–H and O–H groups in total. The lowest BCUT2D eigenvalue weighted by Gasteiger charge is -2.14. The van der Waals surface area contributed by atoms with Crippen LogP contribution in [0.4, 0.5) is 13.2 Å². The average Bonchev–Trinajstić information content (AvgIpc) is 2.20. The number of rotatable bonds is 9. The molecule has 1 unspecified atom stereocenters. The van der Waals surface area contributed by atoms with Gasteiger partial charge in [0.1, 0.15) is 0 Å². The van der Waals surface area contributed by atoms with Crippen molar-refractivity contribution in [3.63, 3.8) is 0 Å². The topological polar surface area (TPSA) is 44.5 Å². The van der Waals surface area contributed by atoms with Crippen molar-refractivity contribution in [3.8, 4) is 0 Å². The van der Waals surface area contributed by atoms with Crippen molar-refractivity contribution in [1.82, 2.24) is 0 Å². The molecule has 0 saturated heterocycles. The van der Waals surface area contributed by atoms with Crippen molar-refractivity contribution >= 4 is 0 Å². The highest BCUT2D eigenvalue weighted by atomic mass is 19.4. The maximum absolute atomic E-state index is 11.8. The molecule has 3 nitrogen and oxygen atoms in total. The molecule has 0 aromatic rings. The molecule has 0 aliphatic heterocycles. The number of ether oxygens (including phenoxy) is 2. The first kappa shape index (κ1) is 15.7. The molecule has 6 heteroatoms. The van der Waals surface area contributed by atoms with Gasteiger partial charge in [-0.1, -0.05) is 0 Å². The van der Waals surface area contributed by atoms with Crippen molar-refractivity contribution < 1.29 is 22.6 Å². The zero-order valence-electron chi connectivity index (χ0n) is 9.55. The van der Waals surface area contributed by atoms with E-state index in [1.807, 2.05) is 6.92 Å². The monoisotopic (exact) mass is 243 g/mol. The van der Waals surface area contributed by atoms with Crippen molar-refractivity contribution in [2.45, 2.75) is 38.5 Å². The van der Waals surface area contributed by atoms with Gasteiger partial charge in [0.05, 0.1) is 6.10 Å². The lowest BCUT2D eigenvalue weighted by atomic mass is 10.2. The Morgan fingerprint density at radius 3 is 2.44 bits per heavy atom. The zero-order chi connectivity index (χ0) is 12.4. The van der Waals surface area contributed by atoms with Crippen LogP contribution in [0.5, 0.6) is 0 Å². The quantitative estimate of drug-likeness (QED) is 0.631. The highest BCUT2D eigenvalue weighted by Gasteiger charge is 2.25. The van der Waals surface area contributed by atoms with Crippen LogP contribution in [0.3, 0.4) is 0 Å². The van der Waals surface area contributed by atoms with Crippen LogP contribution in [-0.4, -0.2) is 38.6 Å². The lowest BCUT2D eigenvalue weighted by Crippen LogP contribution is -2.25. The minimum absolute atomic E-state index is 0.00538. The Kier molecular flexibility index (Phi) is 8.60. The van der Waals surface area contributed by atoms with Crippen LogP contribution >= 0.6 is 0 Å². The van der Waals surface area contributed by atoms with Gasteiger partial charge in [0.25, 0.3) is 0 Å². The highest BCUT2D eigenvalue weighted by Crippen LogP contribution is 2.20. The van der Waals surface area contributed by atoms with Crippen LogP contribution in [0.1, 0.15) is 26.2 Å². The molecule has 0 bridgehead atoms. The van der Waals surface area contributed by atoms with Gasteiger partial charge in [0.15, 0.2) is 0 Å². The maximum Gasteiger partial charge on any atom is 0.389 e. The van der Waals surface area contributed by atoms with Crippen molar-refractivity contribution in [2.75, 3.05) is 26.4 Å². The molecule has 0 spiro atoms. The minimum Gasteiger partial charge on any atom is -0.381 e. The van der Waals surface area contributed by atoms with Crippen LogP contribution in [0.15, 0.2) is 0 Å². The fourth-order valence-electron chi connectivity index (χ4n) is 1.20. The molecule has 0 radical (unpaired) electrons. The molecule has 0 aromatic heterocycles. The van der Waals surface area contributed by atoms with Crippen molar-refractivity contribution in [2.24, 2.45) is 5.73 Å². The zero-order valence-corrected chi connectivity index (χ0v) is 9.55. The third kappa shape index (κ3) is 10.2. The molecule has 0 aliphatic carbocycles. The average molecular weight is 243 g/mol.